The first kappa shape index (κ1) is 12.2. The Kier molecular flexibility index (Phi) is 4.02. The molecule has 4 nitrogen and oxygen atoms in total. The van der Waals surface area contributed by atoms with E-state index in [9.17, 15) is 13.2 Å². The van der Waals surface area contributed by atoms with E-state index in [0.717, 1.165) is 11.5 Å². The maximum absolute atomic E-state index is 11.2. The fourth-order valence-corrected chi connectivity index (χ4v) is 1.58. The molecule has 1 aromatic carbocycles. The number of benzene rings is 1. The number of hydrogen-bond acceptors (Lipinski definition) is 4. The molecule has 0 spiro atoms. The Balaban J connectivity index is 2.77. The highest BCUT2D eigenvalue weighted by molar-refractivity contribution is 7.90. The Hall–Kier alpha value is -1.88. The number of carbonyl (C=O) groups is 1. The van der Waals surface area contributed by atoms with Crippen LogP contribution in [-0.4, -0.2) is 14.4 Å². The average molecular weight is 238 g/mol. The molecule has 0 N–H and O–H groups in total. The maximum atomic E-state index is 11.2. The third kappa shape index (κ3) is 4.10. The Labute approximate surface area is 94.0 Å². The number of carbonyl (C=O) groups excluding carboxylic acids is 1. The van der Waals surface area contributed by atoms with E-state index in [4.69, 9.17) is 0 Å². The van der Waals surface area contributed by atoms with Crippen LogP contribution in [0, 0.1) is 0 Å². The molecule has 0 heterocycles. The minimum absolute atomic E-state index is 0.695. The van der Waals surface area contributed by atoms with Gasteiger partial charge in [0, 0.05) is 6.08 Å². The van der Waals surface area contributed by atoms with E-state index in [1.807, 2.05) is 6.07 Å². The molecule has 0 aromatic heterocycles. The molecule has 0 bridgehead atoms. The summed E-state index contributed by atoms with van der Waals surface area (Å²) in [5.74, 6) is -1.00. The van der Waals surface area contributed by atoms with Crippen molar-refractivity contribution in [1.29, 1.82) is 0 Å². The van der Waals surface area contributed by atoms with E-state index in [2.05, 4.69) is 10.8 Å². The monoisotopic (exact) mass is 238 g/mol. The van der Waals surface area contributed by atoms with Crippen LogP contribution in [0.5, 0.6) is 0 Å². The highest BCUT2D eigenvalue weighted by Gasteiger charge is 2.09. The van der Waals surface area contributed by atoms with E-state index in [1.54, 1.807) is 24.3 Å². The lowest BCUT2D eigenvalue weighted by Gasteiger charge is -1.97. The van der Waals surface area contributed by atoms with Crippen molar-refractivity contribution < 1.29 is 17.4 Å². The molecular weight excluding hydrogens is 228 g/mol. The highest BCUT2D eigenvalue weighted by Crippen LogP contribution is 2.05. The van der Waals surface area contributed by atoms with E-state index >= 15 is 0 Å². The molecule has 0 aliphatic heterocycles. The third-order valence-corrected chi connectivity index (χ3v) is 2.46. The topological polar surface area (TPSA) is 60.4 Å². The molecule has 0 atom stereocenters. The Morgan fingerprint density at radius 1 is 1.25 bits per heavy atom. The average Bonchev–Trinajstić information content (AvgIpc) is 2.27. The van der Waals surface area contributed by atoms with Crippen LogP contribution >= 0.6 is 0 Å². The molecule has 0 aliphatic carbocycles. The molecule has 1 rings (SSSR count). The van der Waals surface area contributed by atoms with Crippen molar-refractivity contribution in [3.8, 4) is 0 Å². The van der Waals surface area contributed by atoms with Gasteiger partial charge >= 0.3 is 16.1 Å². The minimum atomic E-state index is -3.99. The van der Waals surface area contributed by atoms with Gasteiger partial charge in [0.05, 0.1) is 5.41 Å². The Bertz CT molecular complexity index is 500. The van der Waals surface area contributed by atoms with E-state index in [0.29, 0.717) is 5.56 Å². The fraction of sp³-hybridized carbons (Fsp3) is 0. The van der Waals surface area contributed by atoms with Gasteiger partial charge in [-0.25, -0.2) is 4.79 Å². The van der Waals surface area contributed by atoms with Crippen LogP contribution < -0.4 is 0 Å². The highest BCUT2D eigenvalue weighted by atomic mass is 32.2. The summed E-state index contributed by atoms with van der Waals surface area (Å²) in [7, 11) is -3.99. The molecule has 0 fully saturated rings. The zero-order chi connectivity index (χ0) is 12.0. The number of rotatable bonds is 4. The van der Waals surface area contributed by atoms with Crippen molar-refractivity contribution in [2.75, 3.05) is 0 Å². The zero-order valence-electron chi connectivity index (χ0n) is 8.37. The summed E-state index contributed by atoms with van der Waals surface area (Å²) in [5.41, 5.74) is 0.695. The summed E-state index contributed by atoms with van der Waals surface area (Å²) in [5, 5.41) is 0.823. The van der Waals surface area contributed by atoms with Gasteiger partial charge in [0.25, 0.3) is 0 Å². The second kappa shape index (κ2) is 5.27. The van der Waals surface area contributed by atoms with E-state index in [-0.39, 0.29) is 0 Å². The van der Waals surface area contributed by atoms with E-state index in [1.165, 1.54) is 6.08 Å². The van der Waals surface area contributed by atoms with Crippen molar-refractivity contribution in [1.82, 2.24) is 0 Å². The molecule has 5 heteroatoms. The summed E-state index contributed by atoms with van der Waals surface area (Å²) < 4.78 is 26.5. The first-order valence-electron chi connectivity index (χ1n) is 4.37. The van der Waals surface area contributed by atoms with Gasteiger partial charge in [0.2, 0.25) is 0 Å². The summed E-state index contributed by atoms with van der Waals surface area (Å²) in [6.45, 7) is 3.10. The predicted molar refractivity (Wildman–Crippen MR) is 60.7 cm³/mol. The predicted octanol–water partition coefficient (Wildman–Crippen LogP) is 1.72. The van der Waals surface area contributed by atoms with Crippen molar-refractivity contribution in [2.24, 2.45) is 0 Å². The summed E-state index contributed by atoms with van der Waals surface area (Å²) in [6, 6.07) is 8.79. The fourth-order valence-electron chi connectivity index (χ4n) is 0.902. The lowest BCUT2D eigenvalue weighted by Crippen LogP contribution is -2.07. The largest absolute Gasteiger partial charge is 0.346 e. The van der Waals surface area contributed by atoms with Gasteiger partial charge in [-0.05, 0) is 11.6 Å². The second-order valence-corrected chi connectivity index (χ2v) is 4.24. The maximum Gasteiger partial charge on any atom is 0.346 e. The smallest absolute Gasteiger partial charge is 0.339 e. The van der Waals surface area contributed by atoms with Gasteiger partial charge in [0.15, 0.2) is 0 Å². The van der Waals surface area contributed by atoms with Crippen molar-refractivity contribution in [3.63, 3.8) is 0 Å². The molecule has 1 aromatic rings. The van der Waals surface area contributed by atoms with Crippen molar-refractivity contribution in [2.45, 2.75) is 0 Å². The second-order valence-electron chi connectivity index (χ2n) is 2.81. The lowest BCUT2D eigenvalue weighted by atomic mass is 10.2. The molecule has 0 amide bonds. The molecule has 84 valence electrons. The van der Waals surface area contributed by atoms with Crippen molar-refractivity contribution in [3.05, 3.63) is 54.0 Å². The third-order valence-electron chi connectivity index (χ3n) is 1.59. The zero-order valence-corrected chi connectivity index (χ0v) is 9.18. The van der Waals surface area contributed by atoms with Gasteiger partial charge in [-0.1, -0.05) is 36.9 Å². The van der Waals surface area contributed by atoms with Gasteiger partial charge in [-0.15, -0.1) is 0 Å². The first-order valence-corrected chi connectivity index (χ1v) is 5.84. The van der Waals surface area contributed by atoms with Crippen LogP contribution in [0.4, 0.5) is 0 Å². The van der Waals surface area contributed by atoms with Gasteiger partial charge in [0.1, 0.15) is 0 Å². The van der Waals surface area contributed by atoms with Gasteiger partial charge in [-0.3, -0.25) is 0 Å². The van der Waals surface area contributed by atoms with Crippen LogP contribution in [0.2, 0.25) is 0 Å². The summed E-state index contributed by atoms with van der Waals surface area (Å²) in [6.07, 6.45) is 2.12. The normalized spacial score (nSPS) is 11.2. The van der Waals surface area contributed by atoms with Crippen LogP contribution in [0.1, 0.15) is 5.56 Å². The molecule has 0 saturated heterocycles. The Morgan fingerprint density at radius 2 is 1.88 bits per heavy atom. The summed E-state index contributed by atoms with van der Waals surface area (Å²) >= 11 is 0. The van der Waals surface area contributed by atoms with Crippen molar-refractivity contribution >= 4 is 22.2 Å². The summed E-state index contributed by atoms with van der Waals surface area (Å²) in [4.78, 5) is 10.7. The van der Waals surface area contributed by atoms with Crippen LogP contribution in [0.15, 0.2) is 48.4 Å². The standard InChI is InChI=1S/C11H10O4S/c1-2-11(12)15-16(13,14)9-8-10-6-4-3-5-7-10/h2-9H,1H2. The molecular formula is C11H10O4S. The quantitative estimate of drug-likeness (QED) is 0.592. The van der Waals surface area contributed by atoms with Crippen LogP contribution in [-0.2, 0) is 19.1 Å². The molecule has 0 radical (unpaired) electrons. The van der Waals surface area contributed by atoms with Crippen LogP contribution in [0.25, 0.3) is 6.08 Å². The van der Waals surface area contributed by atoms with E-state index < -0.39 is 16.1 Å². The first-order chi connectivity index (χ1) is 7.53. The molecule has 0 unspecified atom stereocenters. The molecule has 0 aliphatic rings. The number of hydrogen-bond donors (Lipinski definition) is 0. The minimum Gasteiger partial charge on any atom is -0.339 e. The molecule has 0 saturated carbocycles. The molecule has 16 heavy (non-hydrogen) atoms. The van der Waals surface area contributed by atoms with Gasteiger partial charge in [-0.2, -0.15) is 8.42 Å². The Morgan fingerprint density at radius 3 is 2.44 bits per heavy atom. The SMILES string of the molecule is C=CC(=O)OS(=O)(=O)C=Cc1ccccc1. The lowest BCUT2D eigenvalue weighted by molar-refractivity contribution is -0.128. The van der Waals surface area contributed by atoms with Crippen LogP contribution in [0.3, 0.4) is 0 Å². The van der Waals surface area contributed by atoms with Gasteiger partial charge < -0.3 is 4.18 Å².